The average Bonchev–Trinajstić information content (AvgIpc) is 3.53. The molecular formula is C40H48N4O5. The molecule has 2 aliphatic rings. The zero-order valence-electron chi connectivity index (χ0n) is 28.8. The fourth-order valence-corrected chi connectivity index (χ4v) is 7.27. The van der Waals surface area contributed by atoms with Gasteiger partial charge in [0.1, 0.15) is 11.3 Å². The van der Waals surface area contributed by atoms with Crippen molar-refractivity contribution in [3.05, 3.63) is 114 Å². The Hall–Kier alpha value is -4.47. The first-order valence-corrected chi connectivity index (χ1v) is 17.4. The topological polar surface area (TPSA) is 108 Å². The summed E-state index contributed by atoms with van der Waals surface area (Å²) in [5, 5.41) is 12.2. The first-order chi connectivity index (χ1) is 23.6. The van der Waals surface area contributed by atoms with Crippen molar-refractivity contribution in [2.75, 3.05) is 26.2 Å². The molecule has 49 heavy (non-hydrogen) atoms. The lowest BCUT2D eigenvalue weighted by molar-refractivity contribution is -0.0872. The maximum Gasteiger partial charge on any atom is 0.410 e. The number of nitrogens with zero attached hydrogens (tertiary/aromatic N) is 3. The third kappa shape index (κ3) is 8.23. The first kappa shape index (κ1) is 34.4. The second-order valence-corrected chi connectivity index (χ2v) is 14.3. The van der Waals surface area contributed by atoms with E-state index in [1.54, 1.807) is 11.1 Å². The number of benzene rings is 2. The van der Waals surface area contributed by atoms with E-state index in [-0.39, 0.29) is 30.6 Å². The van der Waals surface area contributed by atoms with Crippen LogP contribution in [0.15, 0.2) is 91.3 Å². The molecule has 1 aliphatic carbocycles. The van der Waals surface area contributed by atoms with Crippen LogP contribution < -0.4 is 0 Å². The number of ether oxygens (including phenoxy) is 2. The summed E-state index contributed by atoms with van der Waals surface area (Å²) < 4.78 is 11.8. The lowest BCUT2D eigenvalue weighted by Gasteiger charge is -2.42. The Morgan fingerprint density at radius 3 is 2.43 bits per heavy atom. The molecule has 3 atom stereocenters. The summed E-state index contributed by atoms with van der Waals surface area (Å²) in [6.07, 6.45) is 7.14. The van der Waals surface area contributed by atoms with Crippen LogP contribution in [0.1, 0.15) is 79.7 Å². The number of aromatic nitrogens is 2. The van der Waals surface area contributed by atoms with Crippen molar-refractivity contribution in [3.63, 3.8) is 0 Å². The number of pyridine rings is 1. The predicted molar refractivity (Wildman–Crippen MR) is 189 cm³/mol. The Kier molecular flexibility index (Phi) is 10.5. The van der Waals surface area contributed by atoms with E-state index in [1.165, 1.54) is 0 Å². The summed E-state index contributed by atoms with van der Waals surface area (Å²) >= 11 is 0. The van der Waals surface area contributed by atoms with Crippen molar-refractivity contribution >= 4 is 12.0 Å². The largest absolute Gasteiger partial charge is 0.444 e. The van der Waals surface area contributed by atoms with Crippen LogP contribution in [0.3, 0.4) is 0 Å². The van der Waals surface area contributed by atoms with Gasteiger partial charge in [0.15, 0.2) is 0 Å². The molecule has 0 spiro atoms. The summed E-state index contributed by atoms with van der Waals surface area (Å²) in [6, 6.07) is 25.5. The van der Waals surface area contributed by atoms with Gasteiger partial charge in [-0.3, -0.25) is 9.78 Å². The molecule has 2 aromatic heterocycles. The van der Waals surface area contributed by atoms with Crippen LogP contribution in [0.25, 0.3) is 11.1 Å². The number of carbonyl (C=O) groups is 2. The fraction of sp³-hybridized carbons (Fsp3) is 0.425. The lowest BCUT2D eigenvalue weighted by Crippen LogP contribution is -2.58. The highest BCUT2D eigenvalue weighted by Gasteiger charge is 2.43. The van der Waals surface area contributed by atoms with Crippen molar-refractivity contribution < 1.29 is 24.2 Å². The highest BCUT2D eigenvalue weighted by Crippen LogP contribution is 2.46. The quantitative estimate of drug-likeness (QED) is 0.200. The van der Waals surface area contributed by atoms with Crippen LogP contribution in [0.5, 0.6) is 0 Å². The third-order valence-corrected chi connectivity index (χ3v) is 9.60. The molecule has 258 valence electrons. The number of amides is 2. The molecule has 0 radical (unpaired) electrons. The number of aliphatic hydroxyl groups is 1. The van der Waals surface area contributed by atoms with Crippen molar-refractivity contribution in [3.8, 4) is 11.1 Å². The molecule has 9 heteroatoms. The van der Waals surface area contributed by atoms with Crippen LogP contribution in [0.2, 0.25) is 0 Å². The second kappa shape index (κ2) is 15.0. The van der Waals surface area contributed by atoms with Gasteiger partial charge >= 0.3 is 6.09 Å². The molecule has 0 unspecified atom stereocenters. The maximum atomic E-state index is 14.8. The summed E-state index contributed by atoms with van der Waals surface area (Å²) in [5.41, 5.74) is 3.32. The van der Waals surface area contributed by atoms with E-state index in [9.17, 15) is 14.7 Å². The third-order valence-electron chi connectivity index (χ3n) is 9.60. The Labute approximate surface area is 289 Å². The van der Waals surface area contributed by atoms with Gasteiger partial charge in [-0.1, -0.05) is 79.6 Å². The van der Waals surface area contributed by atoms with Gasteiger partial charge in [-0.15, -0.1) is 0 Å². The normalized spacial score (nSPS) is 21.4. The average molecular weight is 665 g/mol. The van der Waals surface area contributed by atoms with E-state index in [4.69, 9.17) is 9.47 Å². The Balaban J connectivity index is 1.31. The minimum Gasteiger partial charge on any atom is -0.444 e. The molecule has 2 N–H and O–H groups in total. The van der Waals surface area contributed by atoms with E-state index in [2.05, 4.69) is 22.1 Å². The molecule has 2 aromatic carbocycles. The van der Waals surface area contributed by atoms with Gasteiger partial charge in [-0.05, 0) is 68.9 Å². The minimum atomic E-state index is -1.10. The van der Waals surface area contributed by atoms with Crippen molar-refractivity contribution in [2.24, 2.45) is 0 Å². The van der Waals surface area contributed by atoms with Gasteiger partial charge in [-0.25, -0.2) is 4.79 Å². The zero-order chi connectivity index (χ0) is 34.4. The molecule has 2 fully saturated rings. The van der Waals surface area contributed by atoms with Gasteiger partial charge in [0.25, 0.3) is 5.91 Å². The molecule has 3 heterocycles. The van der Waals surface area contributed by atoms with Crippen LogP contribution in [-0.2, 0) is 22.5 Å². The summed E-state index contributed by atoms with van der Waals surface area (Å²) in [7, 11) is 0. The van der Waals surface area contributed by atoms with Gasteiger partial charge in [0.05, 0.1) is 30.6 Å². The standard InChI is InChI=1S/C40H48N4O5/c1-39(2,3)49-38(46)43-22-23-44(32(26-43)24-29-14-6-4-7-15-29)37(45)36-35(30-16-8-5-9-17-30)33(25-42-36)34-19-10-12-20-40(34,47)28-48-27-31-18-11-13-21-41-31/h4-9,11,13-18,21,25,32,34,42,47H,10,12,19-20,22-24,26-28H2,1-3H3/t32-,34-,40+/m1/s1. The molecule has 4 aromatic rings. The van der Waals surface area contributed by atoms with Crippen LogP contribution in [0, 0.1) is 0 Å². The number of nitrogens with one attached hydrogen (secondary N) is 1. The van der Waals surface area contributed by atoms with E-state index >= 15 is 0 Å². The molecule has 9 nitrogen and oxygen atoms in total. The monoisotopic (exact) mass is 664 g/mol. The van der Waals surface area contributed by atoms with Crippen LogP contribution in [-0.4, -0.2) is 80.4 Å². The van der Waals surface area contributed by atoms with Gasteiger partial charge in [0, 0.05) is 43.5 Å². The van der Waals surface area contributed by atoms with Crippen molar-refractivity contribution in [2.45, 2.75) is 82.6 Å². The smallest absolute Gasteiger partial charge is 0.410 e. The number of piperazine rings is 1. The molecule has 6 rings (SSSR count). The van der Waals surface area contributed by atoms with E-state index < -0.39 is 11.2 Å². The molecule has 1 saturated heterocycles. The SMILES string of the molecule is CC(C)(C)OC(=O)N1CCN(C(=O)c2[nH]cc([C@H]3CCCC[C@]3(O)COCc3ccccn3)c2-c2ccccc2)[C@H](Cc2ccccc2)C1. The van der Waals surface area contributed by atoms with Crippen LogP contribution in [0.4, 0.5) is 4.79 Å². The van der Waals surface area contributed by atoms with E-state index in [1.807, 2.05) is 98.6 Å². The second-order valence-electron chi connectivity index (χ2n) is 14.3. The number of rotatable bonds is 9. The molecule has 1 aliphatic heterocycles. The van der Waals surface area contributed by atoms with Crippen molar-refractivity contribution in [1.82, 2.24) is 19.8 Å². The van der Waals surface area contributed by atoms with Gasteiger partial charge < -0.3 is 29.4 Å². The highest BCUT2D eigenvalue weighted by atomic mass is 16.6. The number of aromatic amines is 1. The molecule has 0 bridgehead atoms. The highest BCUT2D eigenvalue weighted by molar-refractivity contribution is 6.00. The number of H-pyrrole nitrogens is 1. The first-order valence-electron chi connectivity index (χ1n) is 17.4. The number of hydrogen-bond donors (Lipinski definition) is 2. The minimum absolute atomic E-state index is 0.124. The molecule has 1 saturated carbocycles. The summed E-state index contributed by atoms with van der Waals surface area (Å²) in [4.78, 5) is 39.3. The molecular weight excluding hydrogens is 616 g/mol. The Morgan fingerprint density at radius 1 is 0.980 bits per heavy atom. The maximum absolute atomic E-state index is 14.8. The molecule has 2 amide bonds. The number of carbonyl (C=O) groups excluding carboxylic acids is 2. The summed E-state index contributed by atoms with van der Waals surface area (Å²) in [5.74, 6) is -0.359. The van der Waals surface area contributed by atoms with E-state index in [0.717, 1.165) is 47.2 Å². The summed E-state index contributed by atoms with van der Waals surface area (Å²) in [6.45, 7) is 7.17. The van der Waals surface area contributed by atoms with E-state index in [0.29, 0.717) is 44.8 Å². The van der Waals surface area contributed by atoms with Gasteiger partial charge in [-0.2, -0.15) is 0 Å². The lowest BCUT2D eigenvalue weighted by atomic mass is 9.71. The van der Waals surface area contributed by atoms with Crippen LogP contribution >= 0.6 is 0 Å². The van der Waals surface area contributed by atoms with Gasteiger partial charge in [0.2, 0.25) is 0 Å². The Bertz CT molecular complexity index is 1690. The Morgan fingerprint density at radius 2 is 1.71 bits per heavy atom. The predicted octanol–water partition coefficient (Wildman–Crippen LogP) is 6.99. The van der Waals surface area contributed by atoms with Crippen molar-refractivity contribution in [1.29, 1.82) is 0 Å². The fourth-order valence-electron chi connectivity index (χ4n) is 7.27. The number of hydrogen-bond acceptors (Lipinski definition) is 6. The zero-order valence-corrected chi connectivity index (χ0v) is 28.8.